The predicted octanol–water partition coefficient (Wildman–Crippen LogP) is 4.39. The summed E-state index contributed by atoms with van der Waals surface area (Å²) in [6.45, 7) is 11.3. The first-order valence-electron chi connectivity index (χ1n) is 9.09. The molecule has 1 N–H and O–H groups in total. The van der Waals surface area contributed by atoms with Gasteiger partial charge >= 0.3 is 0 Å². The summed E-state index contributed by atoms with van der Waals surface area (Å²) in [5.41, 5.74) is 4.36. The van der Waals surface area contributed by atoms with Crippen molar-refractivity contribution in [1.82, 2.24) is 9.55 Å². The van der Waals surface area contributed by atoms with Gasteiger partial charge in [-0.05, 0) is 48.6 Å². The third kappa shape index (κ3) is 3.91. The molecule has 0 saturated carbocycles. The highest BCUT2D eigenvalue weighted by molar-refractivity contribution is 5.75. The van der Waals surface area contributed by atoms with Crippen LogP contribution >= 0.6 is 0 Å². The zero-order chi connectivity index (χ0) is 18.9. The molecule has 4 heteroatoms. The average Bonchev–Trinajstić information content (AvgIpc) is 2.89. The lowest BCUT2D eigenvalue weighted by Gasteiger charge is -2.21. The second-order valence-electron chi connectivity index (χ2n) is 7.95. The summed E-state index contributed by atoms with van der Waals surface area (Å²) in [6.07, 6.45) is -0.607. The first kappa shape index (κ1) is 18.5. The van der Waals surface area contributed by atoms with Gasteiger partial charge in [0.15, 0.2) is 0 Å². The molecule has 0 bridgehead atoms. The lowest BCUT2D eigenvalue weighted by molar-refractivity contribution is 0.0925. The van der Waals surface area contributed by atoms with Gasteiger partial charge in [-0.1, -0.05) is 45.0 Å². The summed E-state index contributed by atoms with van der Waals surface area (Å²) in [4.78, 5) is 4.55. The smallest absolute Gasteiger partial charge is 0.122 e. The quantitative estimate of drug-likeness (QED) is 0.741. The number of benzene rings is 2. The van der Waals surface area contributed by atoms with Crippen LogP contribution in [0.2, 0.25) is 0 Å². The Hall–Kier alpha value is -2.33. The molecular formula is C22H28N2O2. The van der Waals surface area contributed by atoms with Crippen LogP contribution in [0.3, 0.4) is 0 Å². The van der Waals surface area contributed by atoms with E-state index < -0.39 is 6.10 Å². The molecule has 0 fully saturated rings. The molecule has 26 heavy (non-hydrogen) atoms. The van der Waals surface area contributed by atoms with E-state index in [1.54, 1.807) is 0 Å². The minimum atomic E-state index is -0.607. The van der Waals surface area contributed by atoms with Gasteiger partial charge in [0.25, 0.3) is 0 Å². The highest BCUT2D eigenvalue weighted by Gasteiger charge is 2.16. The number of ether oxygens (including phenoxy) is 1. The molecule has 1 atom stereocenters. The molecule has 0 spiro atoms. The Bertz CT molecular complexity index is 906. The Morgan fingerprint density at radius 1 is 1.12 bits per heavy atom. The molecule has 1 heterocycles. The van der Waals surface area contributed by atoms with Gasteiger partial charge in [-0.25, -0.2) is 4.98 Å². The van der Waals surface area contributed by atoms with Crippen LogP contribution in [0.5, 0.6) is 5.75 Å². The molecule has 0 saturated heterocycles. The van der Waals surface area contributed by atoms with Crippen molar-refractivity contribution in [2.45, 2.75) is 52.7 Å². The van der Waals surface area contributed by atoms with E-state index in [9.17, 15) is 5.11 Å². The predicted molar refractivity (Wildman–Crippen MR) is 106 cm³/mol. The van der Waals surface area contributed by atoms with Crippen molar-refractivity contribution in [3.05, 3.63) is 59.4 Å². The second kappa shape index (κ2) is 7.12. The molecule has 0 aliphatic rings. The Balaban J connectivity index is 1.71. The van der Waals surface area contributed by atoms with Crippen LogP contribution in [0, 0.1) is 13.8 Å². The highest BCUT2D eigenvalue weighted by Crippen LogP contribution is 2.28. The third-order valence-electron chi connectivity index (χ3n) is 4.72. The fourth-order valence-electron chi connectivity index (χ4n) is 3.10. The molecule has 3 aromatic rings. The van der Waals surface area contributed by atoms with Gasteiger partial charge in [0.2, 0.25) is 0 Å². The molecule has 3 rings (SSSR count). The fraction of sp³-hybridized carbons (Fsp3) is 0.409. The lowest BCUT2D eigenvalue weighted by atomic mass is 9.86. The maximum Gasteiger partial charge on any atom is 0.122 e. The fourth-order valence-corrected chi connectivity index (χ4v) is 3.10. The number of nitrogens with zero attached hydrogens (tertiary/aromatic N) is 2. The van der Waals surface area contributed by atoms with E-state index in [0.717, 1.165) is 28.2 Å². The Morgan fingerprint density at radius 3 is 2.58 bits per heavy atom. The van der Waals surface area contributed by atoms with Gasteiger partial charge in [0.1, 0.15) is 24.3 Å². The van der Waals surface area contributed by atoms with Crippen molar-refractivity contribution < 1.29 is 9.84 Å². The molecule has 1 aromatic heterocycles. The van der Waals surface area contributed by atoms with Crippen molar-refractivity contribution >= 4 is 11.0 Å². The van der Waals surface area contributed by atoms with Crippen molar-refractivity contribution in [2.75, 3.05) is 6.61 Å². The Morgan fingerprint density at radius 2 is 1.85 bits per heavy atom. The summed E-state index contributed by atoms with van der Waals surface area (Å²) in [5.74, 6) is 1.74. The monoisotopic (exact) mass is 352 g/mol. The van der Waals surface area contributed by atoms with Gasteiger partial charge in [-0.2, -0.15) is 0 Å². The number of hydrogen-bond donors (Lipinski definition) is 1. The number of aliphatic hydroxyl groups is 1. The van der Waals surface area contributed by atoms with Crippen LogP contribution in [-0.4, -0.2) is 27.4 Å². The van der Waals surface area contributed by atoms with E-state index in [4.69, 9.17) is 4.74 Å². The highest BCUT2D eigenvalue weighted by atomic mass is 16.5. The maximum absolute atomic E-state index is 10.5. The SMILES string of the molecule is Cc1ccc(C(C)(C)C)cc1OCC(O)Cn1c(C)nc2ccccc21. The standard InChI is InChI=1S/C22H28N2O2/c1-15-10-11-17(22(3,4)5)12-21(15)26-14-18(25)13-24-16(2)23-19-8-6-7-9-20(19)24/h6-12,18,25H,13-14H2,1-5H3. The summed E-state index contributed by atoms with van der Waals surface area (Å²) < 4.78 is 7.99. The molecule has 0 aliphatic carbocycles. The number of aryl methyl sites for hydroxylation is 2. The van der Waals surface area contributed by atoms with Gasteiger partial charge in [0.05, 0.1) is 17.6 Å². The topological polar surface area (TPSA) is 47.3 Å². The van der Waals surface area contributed by atoms with E-state index in [1.807, 2.05) is 42.7 Å². The van der Waals surface area contributed by atoms with E-state index in [1.165, 1.54) is 5.56 Å². The summed E-state index contributed by atoms with van der Waals surface area (Å²) >= 11 is 0. The van der Waals surface area contributed by atoms with Gasteiger partial charge in [-0.3, -0.25) is 0 Å². The molecular weight excluding hydrogens is 324 g/mol. The summed E-state index contributed by atoms with van der Waals surface area (Å²) in [5, 5.41) is 10.5. The van der Waals surface area contributed by atoms with Crippen molar-refractivity contribution in [3.63, 3.8) is 0 Å². The molecule has 1 unspecified atom stereocenters. The lowest BCUT2D eigenvalue weighted by Crippen LogP contribution is -2.24. The van der Waals surface area contributed by atoms with Crippen LogP contribution in [0.15, 0.2) is 42.5 Å². The maximum atomic E-state index is 10.5. The summed E-state index contributed by atoms with van der Waals surface area (Å²) in [6, 6.07) is 14.3. The number of rotatable bonds is 5. The zero-order valence-electron chi connectivity index (χ0n) is 16.3. The summed E-state index contributed by atoms with van der Waals surface area (Å²) in [7, 11) is 0. The van der Waals surface area contributed by atoms with Crippen LogP contribution < -0.4 is 4.74 Å². The van der Waals surface area contributed by atoms with E-state index in [-0.39, 0.29) is 12.0 Å². The first-order chi connectivity index (χ1) is 12.3. The average molecular weight is 352 g/mol. The minimum absolute atomic E-state index is 0.0667. The van der Waals surface area contributed by atoms with Crippen molar-refractivity contribution in [1.29, 1.82) is 0 Å². The normalized spacial score (nSPS) is 13.2. The Labute approximate surface area is 155 Å². The molecule has 0 radical (unpaired) electrons. The van der Waals surface area contributed by atoms with E-state index in [0.29, 0.717) is 6.54 Å². The third-order valence-corrected chi connectivity index (χ3v) is 4.72. The minimum Gasteiger partial charge on any atom is -0.491 e. The molecule has 0 amide bonds. The van der Waals surface area contributed by atoms with Gasteiger partial charge in [0, 0.05) is 0 Å². The van der Waals surface area contributed by atoms with Gasteiger partial charge < -0.3 is 14.4 Å². The molecule has 2 aromatic carbocycles. The number of aromatic nitrogens is 2. The van der Waals surface area contributed by atoms with Gasteiger partial charge in [-0.15, -0.1) is 0 Å². The number of hydrogen-bond acceptors (Lipinski definition) is 3. The second-order valence-corrected chi connectivity index (χ2v) is 7.95. The Kier molecular flexibility index (Phi) is 5.05. The molecule has 138 valence electrons. The zero-order valence-corrected chi connectivity index (χ0v) is 16.3. The van der Waals surface area contributed by atoms with E-state index in [2.05, 4.69) is 44.0 Å². The van der Waals surface area contributed by atoms with Crippen molar-refractivity contribution in [2.24, 2.45) is 0 Å². The molecule has 4 nitrogen and oxygen atoms in total. The largest absolute Gasteiger partial charge is 0.491 e. The number of imidazole rings is 1. The van der Waals surface area contributed by atoms with E-state index >= 15 is 0 Å². The number of fused-ring (bicyclic) bond motifs is 1. The molecule has 0 aliphatic heterocycles. The number of para-hydroxylation sites is 2. The van der Waals surface area contributed by atoms with Crippen LogP contribution in [0.1, 0.15) is 37.7 Å². The number of aliphatic hydroxyl groups excluding tert-OH is 1. The van der Waals surface area contributed by atoms with Crippen LogP contribution in [-0.2, 0) is 12.0 Å². The van der Waals surface area contributed by atoms with Crippen LogP contribution in [0.25, 0.3) is 11.0 Å². The van der Waals surface area contributed by atoms with Crippen LogP contribution in [0.4, 0.5) is 0 Å². The van der Waals surface area contributed by atoms with Crippen molar-refractivity contribution in [3.8, 4) is 5.75 Å². The first-order valence-corrected chi connectivity index (χ1v) is 9.09.